The fourth-order valence-electron chi connectivity index (χ4n) is 2.44. The summed E-state index contributed by atoms with van der Waals surface area (Å²) in [5, 5.41) is 0. The number of rotatable bonds is 5. The van der Waals surface area contributed by atoms with E-state index in [1.54, 1.807) is 6.33 Å². The third-order valence-electron chi connectivity index (χ3n) is 3.97. The van der Waals surface area contributed by atoms with Crippen molar-refractivity contribution in [3.05, 3.63) is 53.0 Å². The second-order valence-electron chi connectivity index (χ2n) is 5.87. The minimum atomic E-state index is -0.239. The molecular formula is C16H17BrN2OS. The van der Waals surface area contributed by atoms with Crippen LogP contribution in [0, 0.1) is 5.41 Å². The van der Waals surface area contributed by atoms with Gasteiger partial charge in [-0.3, -0.25) is 0 Å². The highest BCUT2D eigenvalue weighted by atomic mass is 79.9. The first kappa shape index (κ1) is 15.0. The fourth-order valence-corrected chi connectivity index (χ4v) is 3.79. The number of hydrogen-bond acceptors (Lipinski definition) is 4. The van der Waals surface area contributed by atoms with Crippen molar-refractivity contribution in [2.24, 2.45) is 5.41 Å². The van der Waals surface area contributed by atoms with Crippen molar-refractivity contribution in [2.75, 3.05) is 12.4 Å². The molecule has 0 amide bonds. The van der Waals surface area contributed by atoms with Crippen LogP contribution in [0.1, 0.15) is 19.4 Å². The number of halogens is 1. The van der Waals surface area contributed by atoms with Crippen LogP contribution in [-0.4, -0.2) is 22.3 Å². The van der Waals surface area contributed by atoms with Gasteiger partial charge in [0.25, 0.3) is 0 Å². The molecule has 1 aromatic carbocycles. The molecule has 0 saturated carbocycles. The summed E-state index contributed by atoms with van der Waals surface area (Å²) in [5.74, 6) is 0.976. The molecule has 1 aliphatic rings. The van der Waals surface area contributed by atoms with Crippen LogP contribution in [0.15, 0.2) is 52.4 Å². The monoisotopic (exact) mass is 364 g/mol. The van der Waals surface area contributed by atoms with Crippen LogP contribution in [0.3, 0.4) is 0 Å². The summed E-state index contributed by atoms with van der Waals surface area (Å²) < 4.78 is 6.96. The van der Waals surface area contributed by atoms with E-state index < -0.39 is 0 Å². The minimum absolute atomic E-state index is 0.00938. The molecule has 1 fully saturated rings. The molecule has 3 nitrogen and oxygen atoms in total. The Bertz CT molecular complexity index is 612. The fraction of sp³-hybridized carbons (Fsp3) is 0.375. The zero-order valence-corrected chi connectivity index (χ0v) is 14.4. The van der Waals surface area contributed by atoms with E-state index in [0.717, 1.165) is 22.4 Å². The van der Waals surface area contributed by atoms with Gasteiger partial charge in [0.1, 0.15) is 11.9 Å². The molecule has 3 rings (SSSR count). The van der Waals surface area contributed by atoms with Crippen molar-refractivity contribution >= 4 is 27.7 Å². The third-order valence-corrected chi connectivity index (χ3v) is 5.97. The normalized spacial score (nSPS) is 21.3. The van der Waals surface area contributed by atoms with Gasteiger partial charge in [-0.2, -0.15) is 0 Å². The van der Waals surface area contributed by atoms with Gasteiger partial charge < -0.3 is 4.74 Å². The van der Waals surface area contributed by atoms with Crippen molar-refractivity contribution in [3.8, 4) is 0 Å². The van der Waals surface area contributed by atoms with E-state index in [9.17, 15) is 0 Å². The number of epoxide rings is 1. The molecule has 5 heteroatoms. The Balaban J connectivity index is 1.73. The van der Waals surface area contributed by atoms with Gasteiger partial charge in [0.2, 0.25) is 0 Å². The average molecular weight is 365 g/mol. The van der Waals surface area contributed by atoms with E-state index >= 15 is 0 Å². The first-order chi connectivity index (χ1) is 10.0. The molecule has 1 aromatic heterocycles. The zero-order chi connectivity index (χ0) is 14.9. The Morgan fingerprint density at radius 1 is 1.24 bits per heavy atom. The topological polar surface area (TPSA) is 38.3 Å². The Morgan fingerprint density at radius 3 is 2.43 bits per heavy atom. The molecule has 2 heterocycles. The number of thioether (sulfide) groups is 1. The quantitative estimate of drug-likeness (QED) is 0.586. The lowest BCUT2D eigenvalue weighted by atomic mass is 9.77. The lowest BCUT2D eigenvalue weighted by Crippen LogP contribution is -2.33. The highest BCUT2D eigenvalue weighted by Gasteiger charge is 2.58. The summed E-state index contributed by atoms with van der Waals surface area (Å²) in [7, 11) is 0. The summed E-state index contributed by atoms with van der Waals surface area (Å²) in [6, 6.07) is 8.42. The Labute approximate surface area is 137 Å². The molecule has 1 unspecified atom stereocenters. The predicted octanol–water partition coefficient (Wildman–Crippen LogP) is 4.28. The van der Waals surface area contributed by atoms with E-state index in [1.165, 1.54) is 4.90 Å². The van der Waals surface area contributed by atoms with Crippen molar-refractivity contribution in [2.45, 2.75) is 24.3 Å². The molecule has 0 bridgehead atoms. The van der Waals surface area contributed by atoms with E-state index in [2.05, 4.69) is 64.0 Å². The molecule has 2 aromatic rings. The second kappa shape index (κ2) is 5.71. The molecule has 0 radical (unpaired) electrons. The number of aromatic nitrogens is 2. The van der Waals surface area contributed by atoms with E-state index in [4.69, 9.17) is 4.74 Å². The number of ether oxygens (including phenoxy) is 1. The van der Waals surface area contributed by atoms with Crippen molar-refractivity contribution < 1.29 is 4.74 Å². The molecule has 0 N–H and O–H groups in total. The Morgan fingerprint density at radius 2 is 1.86 bits per heavy atom. The standard InChI is InChI=1S/C16H17BrN2OS/c1-15(2,10-21-14-5-3-13(17)4-6-14)16(9-20-16)12-7-18-11-19-8-12/h3-8,11H,9-10H2,1-2H3. The van der Waals surface area contributed by atoms with Crippen LogP contribution in [0.5, 0.6) is 0 Å². The van der Waals surface area contributed by atoms with E-state index in [-0.39, 0.29) is 11.0 Å². The zero-order valence-electron chi connectivity index (χ0n) is 12.0. The molecule has 1 atom stereocenters. The number of hydrogen-bond donors (Lipinski definition) is 0. The highest BCUT2D eigenvalue weighted by molar-refractivity contribution is 9.10. The van der Waals surface area contributed by atoms with E-state index in [0.29, 0.717) is 0 Å². The summed E-state index contributed by atoms with van der Waals surface area (Å²) in [4.78, 5) is 9.53. The highest BCUT2D eigenvalue weighted by Crippen LogP contribution is 2.54. The van der Waals surface area contributed by atoms with Gasteiger partial charge in [0.05, 0.1) is 6.61 Å². The van der Waals surface area contributed by atoms with Crippen molar-refractivity contribution in [3.63, 3.8) is 0 Å². The lowest BCUT2D eigenvalue weighted by molar-refractivity contribution is 0.159. The molecular weight excluding hydrogens is 348 g/mol. The van der Waals surface area contributed by atoms with Gasteiger partial charge in [-0.15, -0.1) is 11.8 Å². The average Bonchev–Trinajstić information content (AvgIpc) is 3.30. The summed E-state index contributed by atoms with van der Waals surface area (Å²) in [6.45, 7) is 5.24. The van der Waals surface area contributed by atoms with Gasteiger partial charge >= 0.3 is 0 Å². The van der Waals surface area contributed by atoms with Gasteiger partial charge in [-0.1, -0.05) is 29.8 Å². The van der Waals surface area contributed by atoms with Crippen LogP contribution in [0.4, 0.5) is 0 Å². The summed E-state index contributed by atoms with van der Waals surface area (Å²) in [6.07, 6.45) is 5.29. The molecule has 110 valence electrons. The minimum Gasteiger partial charge on any atom is -0.364 e. The van der Waals surface area contributed by atoms with Crippen molar-refractivity contribution in [1.29, 1.82) is 0 Å². The molecule has 1 aliphatic heterocycles. The number of nitrogens with zero attached hydrogens (tertiary/aromatic N) is 2. The maximum Gasteiger partial charge on any atom is 0.125 e. The summed E-state index contributed by atoms with van der Waals surface area (Å²) in [5.41, 5.74) is 0.845. The SMILES string of the molecule is CC(C)(CSc1ccc(Br)cc1)C1(c2cncnc2)CO1. The van der Waals surface area contributed by atoms with Gasteiger partial charge in [0.15, 0.2) is 0 Å². The largest absolute Gasteiger partial charge is 0.364 e. The molecule has 21 heavy (non-hydrogen) atoms. The second-order valence-corrected chi connectivity index (χ2v) is 7.83. The Hall–Kier alpha value is -0.910. The van der Waals surface area contributed by atoms with Crippen LogP contribution >= 0.6 is 27.7 Å². The van der Waals surface area contributed by atoms with Crippen LogP contribution in [0.25, 0.3) is 0 Å². The van der Waals surface area contributed by atoms with Crippen LogP contribution in [0.2, 0.25) is 0 Å². The summed E-state index contributed by atoms with van der Waals surface area (Å²) >= 11 is 5.32. The first-order valence-electron chi connectivity index (χ1n) is 6.81. The predicted molar refractivity (Wildman–Crippen MR) is 88.3 cm³/mol. The van der Waals surface area contributed by atoms with Gasteiger partial charge in [-0.25, -0.2) is 9.97 Å². The molecule has 1 saturated heterocycles. The Kier molecular flexibility index (Phi) is 4.08. The number of benzene rings is 1. The van der Waals surface area contributed by atoms with Gasteiger partial charge in [0, 0.05) is 38.5 Å². The van der Waals surface area contributed by atoms with Crippen molar-refractivity contribution in [1.82, 2.24) is 9.97 Å². The first-order valence-corrected chi connectivity index (χ1v) is 8.59. The van der Waals surface area contributed by atoms with Crippen LogP contribution in [-0.2, 0) is 10.3 Å². The van der Waals surface area contributed by atoms with Crippen LogP contribution < -0.4 is 0 Å². The maximum absolute atomic E-state index is 5.85. The van der Waals surface area contributed by atoms with Gasteiger partial charge in [-0.05, 0) is 24.3 Å². The molecule has 0 spiro atoms. The maximum atomic E-state index is 5.85. The lowest BCUT2D eigenvalue weighted by Gasteiger charge is -2.31. The third kappa shape index (κ3) is 3.00. The molecule has 0 aliphatic carbocycles. The van der Waals surface area contributed by atoms with E-state index in [1.807, 2.05) is 24.2 Å². The smallest absolute Gasteiger partial charge is 0.125 e.